The molecule has 1 aliphatic rings. The van der Waals surface area contributed by atoms with E-state index in [-0.39, 0.29) is 0 Å². The van der Waals surface area contributed by atoms with Gasteiger partial charge in [-0.15, -0.1) is 0 Å². The first-order valence-corrected chi connectivity index (χ1v) is 9.06. The van der Waals surface area contributed by atoms with Gasteiger partial charge in [0.1, 0.15) is 12.1 Å². The Hall–Kier alpha value is -3.68. The summed E-state index contributed by atoms with van der Waals surface area (Å²) >= 11 is 0. The summed E-state index contributed by atoms with van der Waals surface area (Å²) in [5.41, 5.74) is -0.104. The molecule has 4 amide bonds. The van der Waals surface area contributed by atoms with Crippen molar-refractivity contribution in [1.29, 1.82) is 0 Å². The number of rotatable bonds is 6. The number of carbonyl (C=O) groups is 4. The van der Waals surface area contributed by atoms with Gasteiger partial charge >= 0.3 is 12.0 Å². The van der Waals surface area contributed by atoms with E-state index in [1.54, 1.807) is 67.6 Å². The van der Waals surface area contributed by atoms with E-state index in [1.807, 2.05) is 0 Å². The van der Waals surface area contributed by atoms with Crippen LogP contribution in [0.3, 0.4) is 0 Å². The monoisotopic (exact) mass is 395 g/mol. The number of nitrogens with zero attached hydrogens (tertiary/aromatic N) is 1. The molecule has 150 valence electrons. The van der Waals surface area contributed by atoms with Gasteiger partial charge in [0.25, 0.3) is 11.8 Å². The lowest BCUT2D eigenvalue weighted by Crippen LogP contribution is -2.42. The molecule has 0 aromatic heterocycles. The van der Waals surface area contributed by atoms with Crippen LogP contribution < -0.4 is 10.6 Å². The van der Waals surface area contributed by atoms with Gasteiger partial charge in [-0.3, -0.25) is 19.3 Å². The highest BCUT2D eigenvalue weighted by Crippen LogP contribution is 2.28. The average Bonchev–Trinajstić information content (AvgIpc) is 2.93. The Morgan fingerprint density at radius 1 is 1.07 bits per heavy atom. The highest BCUT2D eigenvalue weighted by atomic mass is 16.5. The van der Waals surface area contributed by atoms with Gasteiger partial charge in [0, 0.05) is 5.69 Å². The number of hydrogen-bond acceptors (Lipinski definition) is 5. The fourth-order valence-electron chi connectivity index (χ4n) is 2.99. The van der Waals surface area contributed by atoms with E-state index in [2.05, 4.69) is 10.6 Å². The van der Waals surface area contributed by atoms with Crippen LogP contribution in [0, 0.1) is 0 Å². The van der Waals surface area contributed by atoms with Crippen LogP contribution in [0.4, 0.5) is 10.5 Å². The van der Waals surface area contributed by atoms with E-state index in [1.165, 1.54) is 6.92 Å². The maximum absolute atomic E-state index is 12.8. The van der Waals surface area contributed by atoms with E-state index in [4.69, 9.17) is 4.74 Å². The number of benzene rings is 2. The van der Waals surface area contributed by atoms with Gasteiger partial charge in [-0.05, 0) is 31.5 Å². The van der Waals surface area contributed by atoms with Crippen molar-refractivity contribution < 1.29 is 23.9 Å². The van der Waals surface area contributed by atoms with Gasteiger partial charge in [0.2, 0.25) is 0 Å². The predicted octanol–water partition coefficient (Wildman–Crippen LogP) is 2.02. The lowest BCUT2D eigenvalue weighted by atomic mass is 9.92. The molecule has 2 aromatic carbocycles. The molecule has 8 nitrogen and oxygen atoms in total. The quantitative estimate of drug-likeness (QED) is 0.575. The zero-order valence-electron chi connectivity index (χ0n) is 16.0. The van der Waals surface area contributed by atoms with E-state index < -0.39 is 42.0 Å². The number of ether oxygens (including phenoxy) is 1. The number of esters is 1. The fraction of sp³-hybridized carbons (Fsp3) is 0.238. The summed E-state index contributed by atoms with van der Waals surface area (Å²) in [6.07, 6.45) is -1.09. The van der Waals surface area contributed by atoms with E-state index >= 15 is 0 Å². The average molecular weight is 395 g/mol. The second kappa shape index (κ2) is 8.14. The predicted molar refractivity (Wildman–Crippen MR) is 105 cm³/mol. The number of nitrogens with one attached hydrogen (secondary N) is 2. The fourth-order valence-corrected chi connectivity index (χ4v) is 2.99. The molecule has 3 rings (SSSR count). The van der Waals surface area contributed by atoms with Crippen LogP contribution in [0.5, 0.6) is 0 Å². The minimum absolute atomic E-state index is 0.518. The molecule has 1 heterocycles. The maximum atomic E-state index is 12.8. The molecular formula is C21H21N3O5. The molecule has 1 aliphatic heterocycles. The Labute approximate surface area is 167 Å². The second-order valence-corrected chi connectivity index (χ2v) is 6.80. The van der Waals surface area contributed by atoms with Crippen molar-refractivity contribution in [3.8, 4) is 0 Å². The van der Waals surface area contributed by atoms with Crippen LogP contribution in [-0.4, -0.2) is 41.4 Å². The molecule has 2 aromatic rings. The molecule has 1 fully saturated rings. The number of hydrogen-bond donors (Lipinski definition) is 2. The van der Waals surface area contributed by atoms with Crippen molar-refractivity contribution in [2.75, 3.05) is 11.9 Å². The van der Waals surface area contributed by atoms with E-state index in [0.717, 1.165) is 4.90 Å². The minimum Gasteiger partial charge on any atom is -0.451 e. The van der Waals surface area contributed by atoms with Crippen LogP contribution in [0.15, 0.2) is 60.7 Å². The molecule has 8 heteroatoms. The van der Waals surface area contributed by atoms with Crippen LogP contribution in [-0.2, 0) is 24.7 Å². The standard InChI is InChI=1S/C21H21N3O5/c1-14(18(26)22-16-11-7-4-8-12-16)29-17(25)13-24-19(27)21(2,23-20(24)28)15-9-5-3-6-10-15/h3-12,14H,13H2,1-2H3,(H,22,26)(H,23,28)/t14-,21-/m0/s1. The van der Waals surface area contributed by atoms with Crippen LogP contribution in [0.2, 0.25) is 0 Å². The Morgan fingerprint density at radius 2 is 1.66 bits per heavy atom. The van der Waals surface area contributed by atoms with Gasteiger partial charge in [0.05, 0.1) is 0 Å². The zero-order valence-corrected chi connectivity index (χ0v) is 16.0. The van der Waals surface area contributed by atoms with Gasteiger partial charge in [-0.2, -0.15) is 0 Å². The van der Waals surface area contributed by atoms with Crippen LogP contribution >= 0.6 is 0 Å². The second-order valence-electron chi connectivity index (χ2n) is 6.80. The first kappa shape index (κ1) is 20.1. The summed E-state index contributed by atoms with van der Waals surface area (Å²) in [5, 5.41) is 5.23. The Morgan fingerprint density at radius 3 is 2.28 bits per heavy atom. The van der Waals surface area contributed by atoms with Gasteiger partial charge in [-0.1, -0.05) is 48.5 Å². The molecule has 2 N–H and O–H groups in total. The summed E-state index contributed by atoms with van der Waals surface area (Å²) in [6.45, 7) is 2.40. The van der Waals surface area contributed by atoms with Crippen molar-refractivity contribution in [2.45, 2.75) is 25.5 Å². The number of amides is 4. The first-order valence-electron chi connectivity index (χ1n) is 9.06. The van der Waals surface area contributed by atoms with Crippen molar-refractivity contribution in [2.24, 2.45) is 0 Å². The van der Waals surface area contributed by atoms with E-state index in [0.29, 0.717) is 11.3 Å². The highest BCUT2D eigenvalue weighted by Gasteiger charge is 2.49. The molecule has 0 radical (unpaired) electrons. The third-order valence-corrected chi connectivity index (χ3v) is 4.63. The van der Waals surface area contributed by atoms with Crippen molar-refractivity contribution in [1.82, 2.24) is 10.2 Å². The van der Waals surface area contributed by atoms with Crippen molar-refractivity contribution >= 4 is 29.5 Å². The molecule has 0 aliphatic carbocycles. The minimum atomic E-state index is -1.27. The summed E-state index contributed by atoms with van der Waals surface area (Å²) in [5.74, 6) is -1.94. The molecule has 29 heavy (non-hydrogen) atoms. The van der Waals surface area contributed by atoms with Crippen molar-refractivity contribution in [3.63, 3.8) is 0 Å². The summed E-state index contributed by atoms with van der Waals surface area (Å²) in [7, 11) is 0. The van der Waals surface area contributed by atoms with Crippen LogP contribution in [0.1, 0.15) is 19.4 Å². The Balaban J connectivity index is 1.61. The normalized spacial score (nSPS) is 19.4. The highest BCUT2D eigenvalue weighted by molar-refractivity contribution is 6.09. The Bertz CT molecular complexity index is 932. The summed E-state index contributed by atoms with van der Waals surface area (Å²) in [4.78, 5) is 50.2. The third-order valence-electron chi connectivity index (χ3n) is 4.63. The molecule has 0 saturated carbocycles. The summed E-state index contributed by atoms with van der Waals surface area (Å²) < 4.78 is 5.09. The number of carbonyl (C=O) groups excluding carboxylic acids is 4. The van der Waals surface area contributed by atoms with Crippen molar-refractivity contribution in [3.05, 3.63) is 66.2 Å². The Kier molecular flexibility index (Phi) is 5.63. The molecule has 0 bridgehead atoms. The SMILES string of the molecule is C[C@H](OC(=O)CN1C(=O)N[C@@](C)(c2ccccc2)C1=O)C(=O)Nc1ccccc1. The number of para-hydroxylation sites is 1. The van der Waals surface area contributed by atoms with Gasteiger partial charge in [0.15, 0.2) is 6.10 Å². The third kappa shape index (κ3) is 4.26. The number of anilines is 1. The molecule has 1 saturated heterocycles. The van der Waals surface area contributed by atoms with Gasteiger partial charge in [-0.25, -0.2) is 4.79 Å². The smallest absolute Gasteiger partial charge is 0.327 e. The first-order chi connectivity index (χ1) is 13.8. The lowest BCUT2D eigenvalue weighted by Gasteiger charge is -2.22. The maximum Gasteiger partial charge on any atom is 0.327 e. The largest absolute Gasteiger partial charge is 0.451 e. The van der Waals surface area contributed by atoms with Gasteiger partial charge < -0.3 is 15.4 Å². The van der Waals surface area contributed by atoms with E-state index in [9.17, 15) is 19.2 Å². The summed E-state index contributed by atoms with van der Waals surface area (Å²) in [6, 6.07) is 16.8. The topological polar surface area (TPSA) is 105 Å². The molecule has 2 atom stereocenters. The lowest BCUT2D eigenvalue weighted by molar-refractivity contribution is -0.155. The molecular weight excluding hydrogens is 374 g/mol. The molecule has 0 unspecified atom stereocenters. The number of imide groups is 1. The molecule has 0 spiro atoms. The zero-order chi connectivity index (χ0) is 21.0. The van der Waals surface area contributed by atoms with Crippen LogP contribution in [0.25, 0.3) is 0 Å². The number of urea groups is 1.